The predicted octanol–water partition coefficient (Wildman–Crippen LogP) is 1.60. The number of hydrogen-bond donors (Lipinski definition) is 3. The van der Waals surface area contributed by atoms with Gasteiger partial charge in [0.05, 0.1) is 12.3 Å². The molecule has 86 valence electrons. The summed E-state index contributed by atoms with van der Waals surface area (Å²) in [5.74, 6) is -0.199. The van der Waals surface area contributed by atoms with E-state index in [4.69, 9.17) is 9.84 Å². The molecular weight excluding hydrogens is 208 g/mol. The third-order valence-electron chi connectivity index (χ3n) is 1.69. The Kier molecular flexibility index (Phi) is 4.72. The molecule has 0 aliphatic rings. The van der Waals surface area contributed by atoms with Crippen molar-refractivity contribution in [2.75, 3.05) is 12.0 Å². The van der Waals surface area contributed by atoms with Crippen LogP contribution in [0.4, 0.5) is 5.69 Å². The van der Waals surface area contributed by atoms with Gasteiger partial charge in [-0.15, -0.1) is 0 Å². The van der Waals surface area contributed by atoms with Crippen LogP contribution in [-0.4, -0.2) is 17.7 Å². The van der Waals surface area contributed by atoms with E-state index in [1.54, 1.807) is 0 Å². The molecule has 0 unspecified atom stereocenters. The van der Waals surface area contributed by atoms with Gasteiger partial charge in [0.1, 0.15) is 5.75 Å². The number of hydrogen-bond acceptors (Lipinski definition) is 4. The van der Waals surface area contributed by atoms with Gasteiger partial charge in [-0.2, -0.15) is 0 Å². The van der Waals surface area contributed by atoms with Crippen molar-refractivity contribution in [3.05, 3.63) is 36.5 Å². The van der Waals surface area contributed by atoms with Gasteiger partial charge in [0.15, 0.2) is 0 Å². The van der Waals surface area contributed by atoms with E-state index in [-0.39, 0.29) is 0 Å². The minimum Gasteiger partial charge on any atom is -0.494 e. The fourth-order valence-electron chi connectivity index (χ4n) is 1.04. The molecule has 0 amide bonds. The van der Waals surface area contributed by atoms with Crippen molar-refractivity contribution in [1.29, 1.82) is 0 Å². The molecule has 1 aromatic rings. The van der Waals surface area contributed by atoms with Gasteiger partial charge in [-0.25, -0.2) is 4.79 Å². The van der Waals surface area contributed by atoms with Crippen LogP contribution in [0.15, 0.2) is 36.5 Å². The molecule has 16 heavy (non-hydrogen) atoms. The highest BCUT2D eigenvalue weighted by Crippen LogP contribution is 2.14. The number of aliphatic carboxylic acids is 1. The van der Waals surface area contributed by atoms with Crippen LogP contribution in [0.3, 0.4) is 0 Å². The maximum atomic E-state index is 10.2. The fraction of sp³-hybridized carbons (Fsp3) is 0.182. The monoisotopic (exact) mass is 222 g/mol. The maximum Gasteiger partial charge on any atom is 0.329 e. The van der Waals surface area contributed by atoms with Crippen LogP contribution in [0.1, 0.15) is 6.92 Å². The lowest BCUT2D eigenvalue weighted by molar-refractivity contribution is -0.131. The minimum atomic E-state index is -0.999. The van der Waals surface area contributed by atoms with E-state index in [1.807, 2.05) is 31.2 Å². The zero-order valence-electron chi connectivity index (χ0n) is 8.93. The van der Waals surface area contributed by atoms with Gasteiger partial charge in [-0.05, 0) is 31.2 Å². The Morgan fingerprint density at radius 2 is 2.12 bits per heavy atom. The van der Waals surface area contributed by atoms with E-state index in [0.717, 1.165) is 17.5 Å². The third kappa shape index (κ3) is 4.36. The van der Waals surface area contributed by atoms with Crippen molar-refractivity contribution in [2.45, 2.75) is 6.92 Å². The molecule has 5 nitrogen and oxygen atoms in total. The molecule has 0 aliphatic heterocycles. The quantitative estimate of drug-likeness (QED) is 0.503. The van der Waals surface area contributed by atoms with E-state index in [2.05, 4.69) is 10.9 Å². The normalized spacial score (nSPS) is 10.1. The van der Waals surface area contributed by atoms with E-state index >= 15 is 0 Å². The number of ether oxygens (including phenoxy) is 1. The minimum absolute atomic E-state index is 0.631. The van der Waals surface area contributed by atoms with Gasteiger partial charge in [-0.3, -0.25) is 0 Å². The standard InChI is InChI=1S/C11H14N2O3/c1-2-16-10-5-3-9(4-6-10)13-12-8-7-11(14)15/h3-8,12-13H,2H2,1H3,(H,14,15)/b8-7+. The predicted molar refractivity (Wildman–Crippen MR) is 61.1 cm³/mol. The third-order valence-corrected chi connectivity index (χ3v) is 1.69. The topological polar surface area (TPSA) is 70.6 Å². The maximum absolute atomic E-state index is 10.2. The van der Waals surface area contributed by atoms with Gasteiger partial charge in [0.2, 0.25) is 0 Å². The first-order chi connectivity index (χ1) is 7.72. The molecule has 3 N–H and O–H groups in total. The summed E-state index contributed by atoms with van der Waals surface area (Å²) in [7, 11) is 0. The van der Waals surface area contributed by atoms with E-state index in [1.165, 1.54) is 6.20 Å². The highest BCUT2D eigenvalue weighted by atomic mass is 16.5. The second-order valence-electron chi connectivity index (χ2n) is 2.90. The lowest BCUT2D eigenvalue weighted by Crippen LogP contribution is -2.14. The molecule has 0 atom stereocenters. The average Bonchev–Trinajstić information content (AvgIpc) is 2.27. The van der Waals surface area contributed by atoms with Crippen LogP contribution < -0.4 is 15.6 Å². The average molecular weight is 222 g/mol. The van der Waals surface area contributed by atoms with E-state index < -0.39 is 5.97 Å². The number of benzene rings is 1. The molecule has 0 aliphatic carbocycles. The molecule has 1 aromatic carbocycles. The van der Waals surface area contributed by atoms with Crippen molar-refractivity contribution in [2.24, 2.45) is 0 Å². The molecule has 5 heteroatoms. The molecule has 0 aromatic heterocycles. The number of hydrazine groups is 1. The van der Waals surface area contributed by atoms with Gasteiger partial charge in [0.25, 0.3) is 0 Å². The number of anilines is 1. The first-order valence-corrected chi connectivity index (χ1v) is 4.86. The number of carbonyl (C=O) groups is 1. The van der Waals surface area contributed by atoms with Crippen molar-refractivity contribution in [3.63, 3.8) is 0 Å². The number of nitrogens with one attached hydrogen (secondary N) is 2. The fourth-order valence-corrected chi connectivity index (χ4v) is 1.04. The van der Waals surface area contributed by atoms with Crippen molar-refractivity contribution in [1.82, 2.24) is 5.43 Å². The summed E-state index contributed by atoms with van der Waals surface area (Å²) in [6, 6.07) is 7.31. The summed E-state index contributed by atoms with van der Waals surface area (Å²) in [5, 5.41) is 8.34. The summed E-state index contributed by atoms with van der Waals surface area (Å²) in [6.45, 7) is 2.55. The van der Waals surface area contributed by atoms with Gasteiger partial charge < -0.3 is 20.7 Å². The molecule has 0 saturated heterocycles. The smallest absolute Gasteiger partial charge is 0.329 e. The zero-order valence-corrected chi connectivity index (χ0v) is 8.93. The zero-order chi connectivity index (χ0) is 11.8. The van der Waals surface area contributed by atoms with Crippen LogP contribution in [-0.2, 0) is 4.79 Å². The Labute approximate surface area is 93.7 Å². The Bertz CT molecular complexity index is 360. The van der Waals surface area contributed by atoms with Crippen LogP contribution in [0.25, 0.3) is 0 Å². The summed E-state index contributed by atoms with van der Waals surface area (Å²) in [5.41, 5.74) is 6.26. The van der Waals surface area contributed by atoms with E-state index in [9.17, 15) is 4.79 Å². The van der Waals surface area contributed by atoms with E-state index in [0.29, 0.717) is 6.61 Å². The molecule has 0 spiro atoms. The van der Waals surface area contributed by atoms with Crippen molar-refractivity contribution < 1.29 is 14.6 Å². The molecule has 1 rings (SSSR count). The largest absolute Gasteiger partial charge is 0.494 e. The lowest BCUT2D eigenvalue weighted by atomic mass is 10.3. The molecule has 0 saturated carbocycles. The van der Waals surface area contributed by atoms with Crippen LogP contribution in [0, 0.1) is 0 Å². The lowest BCUT2D eigenvalue weighted by Gasteiger charge is -2.07. The molecule has 0 fully saturated rings. The summed E-state index contributed by atoms with van der Waals surface area (Å²) < 4.78 is 5.28. The van der Waals surface area contributed by atoms with Crippen molar-refractivity contribution in [3.8, 4) is 5.75 Å². The van der Waals surface area contributed by atoms with Crippen molar-refractivity contribution >= 4 is 11.7 Å². The van der Waals surface area contributed by atoms with Gasteiger partial charge in [-0.1, -0.05) is 0 Å². The Morgan fingerprint density at radius 3 is 2.69 bits per heavy atom. The van der Waals surface area contributed by atoms with Crippen LogP contribution in [0.2, 0.25) is 0 Å². The Morgan fingerprint density at radius 1 is 1.44 bits per heavy atom. The molecule has 0 bridgehead atoms. The first kappa shape index (κ1) is 11.9. The van der Waals surface area contributed by atoms with Gasteiger partial charge >= 0.3 is 5.97 Å². The summed E-state index contributed by atoms with van der Waals surface area (Å²) >= 11 is 0. The summed E-state index contributed by atoms with van der Waals surface area (Å²) in [4.78, 5) is 10.2. The number of rotatable bonds is 6. The highest BCUT2D eigenvalue weighted by Gasteiger charge is 1.92. The van der Waals surface area contributed by atoms with Gasteiger partial charge in [0, 0.05) is 12.3 Å². The Balaban J connectivity index is 2.40. The molecule has 0 heterocycles. The molecular formula is C11H14N2O3. The molecule has 0 radical (unpaired) electrons. The second kappa shape index (κ2) is 6.34. The highest BCUT2D eigenvalue weighted by molar-refractivity contribution is 5.79. The Hall–Kier alpha value is -2.17. The SMILES string of the molecule is CCOc1ccc(NN/C=C/C(=O)O)cc1. The summed E-state index contributed by atoms with van der Waals surface area (Å²) in [6.07, 6.45) is 2.31. The second-order valence-corrected chi connectivity index (χ2v) is 2.90. The van der Waals surface area contributed by atoms with Crippen LogP contribution in [0.5, 0.6) is 5.75 Å². The van der Waals surface area contributed by atoms with Crippen LogP contribution >= 0.6 is 0 Å². The number of carboxylic acid groups (broad SMARTS) is 1. The first-order valence-electron chi connectivity index (χ1n) is 4.86. The number of carboxylic acids is 1.